The Kier molecular flexibility index (Phi) is 4.07. The van der Waals surface area contributed by atoms with E-state index in [1.807, 2.05) is 0 Å². The van der Waals surface area contributed by atoms with Crippen molar-refractivity contribution in [2.24, 2.45) is 5.92 Å². The Labute approximate surface area is 102 Å². The second kappa shape index (κ2) is 5.22. The summed E-state index contributed by atoms with van der Waals surface area (Å²) < 4.78 is 22.9. The standard InChI is InChI=1S/C11H21NO4S/c13-5-3-9-2-1-4-12(6-9)10-7-17(15,16)8-11(10)14/h9-11,13-14H,1-8H2. The molecule has 3 unspecified atom stereocenters. The molecular weight excluding hydrogens is 242 g/mol. The Morgan fingerprint density at radius 1 is 1.29 bits per heavy atom. The number of hydrogen-bond donors (Lipinski definition) is 2. The van der Waals surface area contributed by atoms with E-state index in [1.54, 1.807) is 0 Å². The first-order chi connectivity index (χ1) is 8.02. The average molecular weight is 263 g/mol. The number of likely N-dealkylation sites (tertiary alicyclic amines) is 1. The first-order valence-corrected chi connectivity index (χ1v) is 8.07. The number of rotatable bonds is 3. The SMILES string of the molecule is O=S1(=O)CC(O)C(N2CCCC(CCO)C2)C1. The zero-order valence-corrected chi connectivity index (χ0v) is 10.8. The van der Waals surface area contributed by atoms with Crippen LogP contribution in [0.4, 0.5) is 0 Å². The van der Waals surface area contributed by atoms with Crippen molar-refractivity contribution in [3.05, 3.63) is 0 Å². The molecule has 2 fully saturated rings. The number of aliphatic hydroxyl groups is 2. The second-order valence-corrected chi connectivity index (χ2v) is 7.38. The van der Waals surface area contributed by atoms with Crippen molar-refractivity contribution in [2.75, 3.05) is 31.2 Å². The fraction of sp³-hybridized carbons (Fsp3) is 1.00. The largest absolute Gasteiger partial charge is 0.396 e. The first-order valence-electron chi connectivity index (χ1n) is 6.25. The molecule has 2 aliphatic heterocycles. The van der Waals surface area contributed by atoms with Gasteiger partial charge in [0.15, 0.2) is 9.84 Å². The van der Waals surface area contributed by atoms with Crippen LogP contribution in [0, 0.1) is 5.92 Å². The highest BCUT2D eigenvalue weighted by Crippen LogP contribution is 2.26. The van der Waals surface area contributed by atoms with E-state index in [1.165, 1.54) is 0 Å². The molecule has 0 aromatic rings. The molecule has 0 aromatic heterocycles. The Balaban J connectivity index is 1.98. The highest BCUT2D eigenvalue weighted by molar-refractivity contribution is 7.91. The summed E-state index contributed by atoms with van der Waals surface area (Å²) in [6, 6.07) is -0.235. The van der Waals surface area contributed by atoms with E-state index in [0.717, 1.165) is 32.4 Å². The van der Waals surface area contributed by atoms with Crippen LogP contribution in [0.15, 0.2) is 0 Å². The summed E-state index contributed by atoms with van der Waals surface area (Å²) in [7, 11) is -3.06. The lowest BCUT2D eigenvalue weighted by atomic mass is 9.93. The Morgan fingerprint density at radius 3 is 2.65 bits per heavy atom. The minimum atomic E-state index is -3.06. The van der Waals surface area contributed by atoms with Gasteiger partial charge in [-0.1, -0.05) is 0 Å². The van der Waals surface area contributed by atoms with Crippen molar-refractivity contribution in [1.82, 2.24) is 4.90 Å². The topological polar surface area (TPSA) is 77.8 Å². The zero-order chi connectivity index (χ0) is 12.5. The number of aliphatic hydroxyl groups excluding tert-OH is 2. The smallest absolute Gasteiger partial charge is 0.154 e. The molecule has 0 amide bonds. The van der Waals surface area contributed by atoms with Crippen LogP contribution >= 0.6 is 0 Å². The first kappa shape index (κ1) is 13.3. The summed E-state index contributed by atoms with van der Waals surface area (Å²) >= 11 is 0. The molecule has 0 aromatic carbocycles. The monoisotopic (exact) mass is 263 g/mol. The molecule has 6 heteroatoms. The van der Waals surface area contributed by atoms with Gasteiger partial charge in [0.25, 0.3) is 0 Å². The molecule has 100 valence electrons. The third kappa shape index (κ3) is 3.19. The number of hydrogen-bond acceptors (Lipinski definition) is 5. The Morgan fingerprint density at radius 2 is 2.06 bits per heavy atom. The van der Waals surface area contributed by atoms with Crippen LogP contribution in [0.5, 0.6) is 0 Å². The summed E-state index contributed by atoms with van der Waals surface area (Å²) in [5, 5.41) is 18.8. The lowest BCUT2D eigenvalue weighted by molar-refractivity contribution is 0.0485. The van der Waals surface area contributed by atoms with Gasteiger partial charge in [-0.15, -0.1) is 0 Å². The van der Waals surface area contributed by atoms with Crippen LogP contribution in [0.1, 0.15) is 19.3 Å². The fourth-order valence-corrected chi connectivity index (χ4v) is 4.81. The third-order valence-corrected chi connectivity index (χ3v) is 5.55. The number of nitrogens with zero attached hydrogens (tertiary/aromatic N) is 1. The number of piperidine rings is 1. The molecule has 0 bridgehead atoms. The molecule has 0 radical (unpaired) electrons. The van der Waals surface area contributed by atoms with Gasteiger partial charge in [0.05, 0.1) is 23.7 Å². The van der Waals surface area contributed by atoms with Crippen LogP contribution in [0.2, 0.25) is 0 Å². The van der Waals surface area contributed by atoms with Gasteiger partial charge in [0.1, 0.15) is 0 Å². The van der Waals surface area contributed by atoms with Gasteiger partial charge in [-0.25, -0.2) is 8.42 Å². The molecule has 2 saturated heterocycles. The van der Waals surface area contributed by atoms with E-state index >= 15 is 0 Å². The average Bonchev–Trinajstić information content (AvgIpc) is 2.53. The Bertz CT molecular complexity index is 354. The summed E-state index contributed by atoms with van der Waals surface area (Å²) in [6.07, 6.45) is 2.14. The summed E-state index contributed by atoms with van der Waals surface area (Å²) in [5.74, 6) is 0.419. The van der Waals surface area contributed by atoms with Gasteiger partial charge in [-0.05, 0) is 31.7 Å². The molecule has 3 atom stereocenters. The van der Waals surface area contributed by atoms with Gasteiger partial charge in [-0.3, -0.25) is 4.90 Å². The van der Waals surface area contributed by atoms with E-state index in [-0.39, 0.29) is 24.2 Å². The molecule has 2 heterocycles. The number of sulfone groups is 1. The van der Waals surface area contributed by atoms with Gasteiger partial charge in [-0.2, -0.15) is 0 Å². The summed E-state index contributed by atoms with van der Waals surface area (Å²) in [5.41, 5.74) is 0. The van der Waals surface area contributed by atoms with Gasteiger partial charge in [0, 0.05) is 13.2 Å². The van der Waals surface area contributed by atoms with Gasteiger partial charge in [0.2, 0.25) is 0 Å². The Hall–Kier alpha value is -0.170. The minimum Gasteiger partial charge on any atom is -0.396 e. The lowest BCUT2D eigenvalue weighted by Crippen LogP contribution is -2.48. The molecule has 0 saturated carbocycles. The predicted molar refractivity (Wildman–Crippen MR) is 64.4 cm³/mol. The molecule has 17 heavy (non-hydrogen) atoms. The van der Waals surface area contributed by atoms with Crippen molar-refractivity contribution >= 4 is 9.84 Å². The van der Waals surface area contributed by atoms with Crippen molar-refractivity contribution in [3.63, 3.8) is 0 Å². The highest BCUT2D eigenvalue weighted by atomic mass is 32.2. The van der Waals surface area contributed by atoms with Crippen LogP contribution < -0.4 is 0 Å². The molecule has 2 aliphatic rings. The maximum Gasteiger partial charge on any atom is 0.154 e. The highest BCUT2D eigenvalue weighted by Gasteiger charge is 2.41. The maximum absolute atomic E-state index is 11.5. The molecule has 2 rings (SSSR count). The van der Waals surface area contributed by atoms with Gasteiger partial charge < -0.3 is 10.2 Å². The predicted octanol–water partition coefficient (Wildman–Crippen LogP) is -0.761. The van der Waals surface area contributed by atoms with Crippen LogP contribution in [-0.2, 0) is 9.84 Å². The summed E-state index contributed by atoms with van der Waals surface area (Å²) in [6.45, 7) is 1.85. The molecular formula is C11H21NO4S. The van der Waals surface area contributed by atoms with E-state index in [9.17, 15) is 13.5 Å². The van der Waals surface area contributed by atoms with Crippen LogP contribution in [0.3, 0.4) is 0 Å². The third-order valence-electron chi connectivity index (χ3n) is 3.85. The molecule has 0 aliphatic carbocycles. The van der Waals surface area contributed by atoms with Gasteiger partial charge >= 0.3 is 0 Å². The van der Waals surface area contributed by atoms with E-state index < -0.39 is 15.9 Å². The van der Waals surface area contributed by atoms with Crippen molar-refractivity contribution < 1.29 is 18.6 Å². The van der Waals surface area contributed by atoms with E-state index in [4.69, 9.17) is 5.11 Å². The lowest BCUT2D eigenvalue weighted by Gasteiger charge is -2.37. The quantitative estimate of drug-likeness (QED) is 0.700. The van der Waals surface area contributed by atoms with Crippen molar-refractivity contribution in [2.45, 2.75) is 31.4 Å². The normalized spacial score (nSPS) is 38.4. The van der Waals surface area contributed by atoms with E-state index in [2.05, 4.69) is 4.90 Å². The van der Waals surface area contributed by atoms with E-state index in [0.29, 0.717) is 5.92 Å². The minimum absolute atomic E-state index is 0.0833. The molecule has 5 nitrogen and oxygen atoms in total. The molecule has 0 spiro atoms. The molecule has 2 N–H and O–H groups in total. The second-order valence-electron chi connectivity index (χ2n) is 5.23. The maximum atomic E-state index is 11.5. The van der Waals surface area contributed by atoms with Crippen molar-refractivity contribution in [3.8, 4) is 0 Å². The fourth-order valence-electron chi connectivity index (χ4n) is 2.98. The van der Waals surface area contributed by atoms with Crippen LogP contribution in [-0.4, -0.2) is 66.9 Å². The van der Waals surface area contributed by atoms with Crippen LogP contribution in [0.25, 0.3) is 0 Å². The van der Waals surface area contributed by atoms with Crippen molar-refractivity contribution in [1.29, 1.82) is 0 Å². The zero-order valence-electron chi connectivity index (χ0n) is 9.96. The summed E-state index contributed by atoms with van der Waals surface area (Å²) in [4.78, 5) is 2.10.